The fraction of sp³-hybridized carbons (Fsp3) is 0.486. The van der Waals surface area contributed by atoms with Crippen LogP contribution in [-0.2, 0) is 17.8 Å². The van der Waals surface area contributed by atoms with Gasteiger partial charge in [-0.15, -0.1) is 12.6 Å². The Morgan fingerprint density at radius 1 is 0.974 bits per heavy atom. The summed E-state index contributed by atoms with van der Waals surface area (Å²) in [6.07, 6.45) is 11.8. The summed E-state index contributed by atoms with van der Waals surface area (Å²) >= 11 is 4.17. The average Bonchev–Trinajstić information content (AvgIpc) is 2.94. The van der Waals surface area contributed by atoms with Crippen LogP contribution in [0.4, 0.5) is 0 Å². The molecule has 0 amide bonds. The largest absolute Gasteiger partial charge is 0.494 e. The van der Waals surface area contributed by atoms with Crippen LogP contribution in [-0.4, -0.2) is 13.1 Å². The van der Waals surface area contributed by atoms with Gasteiger partial charge in [0.05, 0.1) is 5.76 Å². The van der Waals surface area contributed by atoms with Crippen LogP contribution in [0.5, 0.6) is 0 Å². The Labute approximate surface area is 242 Å². The summed E-state index contributed by atoms with van der Waals surface area (Å²) < 4.78 is 5.73. The monoisotopic (exact) mass is 539 g/mol. The quantitative estimate of drug-likeness (QED) is 0.159. The number of allylic oxidation sites excluding steroid dienone is 4. The van der Waals surface area contributed by atoms with E-state index in [1.165, 1.54) is 36.0 Å². The Balaban J connectivity index is 0. The molecule has 0 aliphatic carbocycles. The number of hydrogen-bond donors (Lipinski definition) is 2. The van der Waals surface area contributed by atoms with Crippen molar-refractivity contribution in [1.82, 2.24) is 5.32 Å². The molecular formula is C35H57NOS. The Morgan fingerprint density at radius 2 is 1.58 bits per heavy atom. The molecule has 3 heteroatoms. The second-order valence-electron chi connectivity index (χ2n) is 9.15. The van der Waals surface area contributed by atoms with Gasteiger partial charge in [0.25, 0.3) is 0 Å². The lowest BCUT2D eigenvalue weighted by molar-refractivity contribution is 0.190. The minimum Gasteiger partial charge on any atom is -0.494 e. The van der Waals surface area contributed by atoms with E-state index in [9.17, 15) is 0 Å². The van der Waals surface area contributed by atoms with Gasteiger partial charge >= 0.3 is 0 Å². The molecule has 0 heterocycles. The molecule has 2 aromatic rings. The van der Waals surface area contributed by atoms with E-state index in [1.807, 2.05) is 37.3 Å². The van der Waals surface area contributed by atoms with E-state index in [4.69, 9.17) is 4.74 Å². The molecule has 0 aromatic heterocycles. The number of benzene rings is 2. The molecule has 0 radical (unpaired) electrons. The maximum Gasteiger partial charge on any atom is 0.113 e. The number of aryl methyl sites for hydroxylation is 2. The van der Waals surface area contributed by atoms with Crippen molar-refractivity contribution >= 4 is 12.6 Å². The highest BCUT2D eigenvalue weighted by atomic mass is 32.1. The predicted octanol–water partition coefficient (Wildman–Crippen LogP) is 10.5. The zero-order valence-electron chi connectivity index (χ0n) is 25.7. The summed E-state index contributed by atoms with van der Waals surface area (Å²) in [6.45, 7) is 23.3. The molecule has 0 bridgehead atoms. The smallest absolute Gasteiger partial charge is 0.113 e. The van der Waals surface area contributed by atoms with Gasteiger partial charge in [-0.25, -0.2) is 0 Å². The fourth-order valence-corrected chi connectivity index (χ4v) is 3.50. The zero-order chi connectivity index (χ0) is 29.0. The minimum absolute atomic E-state index is 0.692. The number of ether oxygens (including phenoxy) is 1. The molecule has 1 unspecified atom stereocenters. The lowest BCUT2D eigenvalue weighted by atomic mass is 10.0. The first-order chi connectivity index (χ1) is 18.3. The molecule has 1 atom stereocenters. The molecular weight excluding hydrogens is 482 g/mol. The molecule has 214 valence electrons. The van der Waals surface area contributed by atoms with Gasteiger partial charge in [-0.3, -0.25) is 0 Å². The van der Waals surface area contributed by atoms with Gasteiger partial charge in [-0.2, -0.15) is 0 Å². The molecule has 0 fully saturated rings. The van der Waals surface area contributed by atoms with Crippen LogP contribution in [0.2, 0.25) is 0 Å². The molecule has 2 nitrogen and oxygen atoms in total. The summed E-state index contributed by atoms with van der Waals surface area (Å²) in [6, 6.07) is 18.7. The summed E-state index contributed by atoms with van der Waals surface area (Å²) in [5, 5.41) is 3.14. The number of likely N-dealkylation sites (N-methyl/N-ethyl adjacent to an activating group) is 1. The van der Waals surface area contributed by atoms with Gasteiger partial charge in [-0.1, -0.05) is 140 Å². The van der Waals surface area contributed by atoms with Gasteiger partial charge < -0.3 is 10.1 Å². The minimum atomic E-state index is 0.692. The van der Waals surface area contributed by atoms with Gasteiger partial charge in [0, 0.05) is 13.0 Å². The highest BCUT2D eigenvalue weighted by molar-refractivity contribution is 7.84. The number of hydrogen-bond acceptors (Lipinski definition) is 3. The van der Waals surface area contributed by atoms with E-state index in [0.29, 0.717) is 6.61 Å². The summed E-state index contributed by atoms with van der Waals surface area (Å²) in [7, 11) is 0. The normalized spacial score (nSPS) is 11.5. The second-order valence-corrected chi connectivity index (χ2v) is 9.72. The molecule has 0 spiro atoms. The van der Waals surface area contributed by atoms with Crippen LogP contribution in [0.1, 0.15) is 90.8 Å². The third kappa shape index (κ3) is 22.9. The van der Waals surface area contributed by atoms with Crippen molar-refractivity contribution in [2.45, 2.75) is 94.1 Å². The van der Waals surface area contributed by atoms with Crippen LogP contribution >= 0.6 is 12.6 Å². The molecule has 0 saturated carbocycles. The second kappa shape index (κ2) is 27.8. The lowest BCUT2D eigenvalue weighted by Gasteiger charge is -2.11. The summed E-state index contributed by atoms with van der Waals surface area (Å²) in [5.41, 5.74) is 4.00. The molecule has 38 heavy (non-hydrogen) atoms. The van der Waals surface area contributed by atoms with Crippen LogP contribution in [0.25, 0.3) is 0 Å². The maximum atomic E-state index is 5.73. The van der Waals surface area contributed by atoms with Gasteiger partial charge in [-0.05, 0) is 54.8 Å². The lowest BCUT2D eigenvalue weighted by Crippen LogP contribution is -2.13. The van der Waals surface area contributed by atoms with E-state index in [2.05, 4.69) is 109 Å². The molecule has 0 aliphatic rings. The molecule has 1 N–H and O–H groups in total. The topological polar surface area (TPSA) is 21.3 Å². The standard InChI is InChI=1S/C14H20O.C7H13NS.C7H8.C7H16/c1-4-12-9-7-8-10-13(12)11-15-14(5-2)6-3;1-3-5-7(9)6-8-4-2;1-7-5-3-2-4-6-7;1-4-6-7(3)5-2/h5,7-10H,4,6,11H2,1-3H3;3,5,8-9H,1,4,6H2,2H3;2-6H,1H3;7H,4-6H2,1-3H3/b14-5+;7-5-;;. The molecule has 2 aromatic carbocycles. The Morgan fingerprint density at radius 3 is 1.97 bits per heavy atom. The Kier molecular flexibility index (Phi) is 27.7. The number of nitrogens with one attached hydrogen (secondary N) is 1. The highest BCUT2D eigenvalue weighted by Gasteiger charge is 2.01. The van der Waals surface area contributed by atoms with Crippen molar-refractivity contribution < 1.29 is 4.74 Å². The first kappa shape index (κ1) is 37.9. The van der Waals surface area contributed by atoms with Crippen LogP contribution in [0, 0.1) is 12.8 Å². The van der Waals surface area contributed by atoms with E-state index in [0.717, 1.165) is 42.5 Å². The SMILES string of the molecule is C/C=C(\CC)OCc1ccccc1CC.C=C/C=C(\S)CNCC.CCCC(C)CC.Cc1ccccc1. The predicted molar refractivity (Wildman–Crippen MR) is 176 cm³/mol. The Hall–Kier alpha value is -2.23. The molecule has 2 rings (SSSR count). The first-order valence-corrected chi connectivity index (χ1v) is 14.8. The molecule has 0 saturated heterocycles. The van der Waals surface area contributed by atoms with Crippen molar-refractivity contribution in [2.24, 2.45) is 5.92 Å². The van der Waals surface area contributed by atoms with Crippen LogP contribution < -0.4 is 5.32 Å². The van der Waals surface area contributed by atoms with Gasteiger partial charge in [0.15, 0.2) is 0 Å². The van der Waals surface area contributed by atoms with Crippen LogP contribution in [0.15, 0.2) is 90.1 Å². The van der Waals surface area contributed by atoms with E-state index in [-0.39, 0.29) is 0 Å². The van der Waals surface area contributed by atoms with Gasteiger partial charge in [0.2, 0.25) is 0 Å². The van der Waals surface area contributed by atoms with E-state index < -0.39 is 0 Å². The zero-order valence-corrected chi connectivity index (χ0v) is 26.6. The Bertz CT molecular complexity index is 857. The summed E-state index contributed by atoms with van der Waals surface area (Å²) in [4.78, 5) is 1.02. The van der Waals surface area contributed by atoms with Crippen molar-refractivity contribution in [3.8, 4) is 0 Å². The summed E-state index contributed by atoms with van der Waals surface area (Å²) in [5.74, 6) is 2.02. The third-order valence-electron chi connectivity index (χ3n) is 5.87. The van der Waals surface area contributed by atoms with Gasteiger partial charge in [0.1, 0.15) is 6.61 Å². The third-order valence-corrected chi connectivity index (χ3v) is 6.18. The number of rotatable bonds is 12. The van der Waals surface area contributed by atoms with E-state index in [1.54, 1.807) is 6.08 Å². The highest BCUT2D eigenvalue weighted by Crippen LogP contribution is 2.14. The van der Waals surface area contributed by atoms with Crippen molar-refractivity contribution in [3.63, 3.8) is 0 Å². The average molecular weight is 540 g/mol. The fourth-order valence-electron chi connectivity index (χ4n) is 3.28. The van der Waals surface area contributed by atoms with Crippen molar-refractivity contribution in [3.05, 3.63) is 107 Å². The van der Waals surface area contributed by atoms with E-state index >= 15 is 0 Å². The van der Waals surface area contributed by atoms with Crippen LogP contribution in [0.3, 0.4) is 0 Å². The van der Waals surface area contributed by atoms with Crippen molar-refractivity contribution in [2.75, 3.05) is 13.1 Å². The first-order valence-electron chi connectivity index (χ1n) is 14.4. The maximum absolute atomic E-state index is 5.73. The number of thiol groups is 1. The molecule has 0 aliphatic heterocycles. The van der Waals surface area contributed by atoms with Crippen molar-refractivity contribution in [1.29, 1.82) is 0 Å².